The topological polar surface area (TPSA) is 80.3 Å². The van der Waals surface area contributed by atoms with E-state index in [0.717, 1.165) is 0 Å². The lowest BCUT2D eigenvalue weighted by atomic mass is 10.1. The van der Waals surface area contributed by atoms with E-state index in [1.807, 2.05) is 0 Å². The highest BCUT2D eigenvalue weighted by Gasteiger charge is 2.56. The van der Waals surface area contributed by atoms with Gasteiger partial charge in [0.2, 0.25) is 0 Å². The first kappa shape index (κ1) is 16.9. The fourth-order valence-corrected chi connectivity index (χ4v) is 2.80. The number of rotatable bonds is 3. The summed E-state index contributed by atoms with van der Waals surface area (Å²) >= 11 is 0. The molecule has 0 unspecified atom stereocenters. The molecule has 0 amide bonds. The Morgan fingerprint density at radius 3 is 2.29 bits per heavy atom. The molecule has 2 aliphatic heterocycles. The minimum absolute atomic E-state index is 0.436. The van der Waals surface area contributed by atoms with Crippen molar-refractivity contribution < 1.29 is 44.7 Å². The van der Waals surface area contributed by atoms with Crippen molar-refractivity contribution in [1.82, 2.24) is 0 Å². The van der Waals surface area contributed by atoms with Crippen molar-refractivity contribution >= 4 is 10.1 Å². The van der Waals surface area contributed by atoms with E-state index in [4.69, 9.17) is 18.9 Å². The molecule has 0 aromatic carbocycles. The molecule has 124 valence electrons. The van der Waals surface area contributed by atoms with Crippen molar-refractivity contribution in [2.75, 3.05) is 13.7 Å². The molecule has 11 heteroatoms. The van der Waals surface area contributed by atoms with E-state index in [2.05, 4.69) is 4.18 Å². The van der Waals surface area contributed by atoms with Crippen LogP contribution >= 0.6 is 0 Å². The average molecular weight is 336 g/mol. The van der Waals surface area contributed by atoms with Crippen LogP contribution in [0.5, 0.6) is 0 Å². The monoisotopic (exact) mass is 336 g/mol. The summed E-state index contributed by atoms with van der Waals surface area (Å²) < 4.78 is 84.5. The van der Waals surface area contributed by atoms with Crippen LogP contribution in [0.25, 0.3) is 0 Å². The van der Waals surface area contributed by atoms with Gasteiger partial charge in [0.1, 0.15) is 18.3 Å². The Labute approximate surface area is 119 Å². The predicted octanol–water partition coefficient (Wildman–Crippen LogP) is 0.744. The lowest BCUT2D eigenvalue weighted by Crippen LogP contribution is -2.54. The molecule has 0 spiro atoms. The zero-order chi connectivity index (χ0) is 16.1. The maximum absolute atomic E-state index is 12.4. The SMILES string of the molecule is CO[C@H]1OC[C@H](OS(=O)(=O)C(F)(F)F)[C@H]2OC(C)(C)O[C@@H]12. The third-order valence-electron chi connectivity index (χ3n) is 2.99. The molecule has 7 nitrogen and oxygen atoms in total. The van der Waals surface area contributed by atoms with Gasteiger partial charge in [-0.3, -0.25) is 4.18 Å². The van der Waals surface area contributed by atoms with Crippen molar-refractivity contribution in [3.05, 3.63) is 0 Å². The minimum atomic E-state index is -5.75. The molecule has 2 saturated heterocycles. The van der Waals surface area contributed by atoms with Crippen LogP contribution in [0.2, 0.25) is 0 Å². The first-order chi connectivity index (χ1) is 9.47. The normalized spacial score (nSPS) is 36.5. The smallest absolute Gasteiger partial charge is 0.353 e. The van der Waals surface area contributed by atoms with Gasteiger partial charge in [0.15, 0.2) is 12.1 Å². The van der Waals surface area contributed by atoms with Crippen LogP contribution in [0.15, 0.2) is 0 Å². The molecule has 0 aliphatic carbocycles. The summed E-state index contributed by atoms with van der Waals surface area (Å²) in [6, 6.07) is 0. The van der Waals surface area contributed by atoms with Crippen LogP contribution in [-0.4, -0.2) is 58.0 Å². The van der Waals surface area contributed by atoms with Gasteiger partial charge in [-0.2, -0.15) is 21.6 Å². The van der Waals surface area contributed by atoms with Gasteiger partial charge in [-0.1, -0.05) is 0 Å². The van der Waals surface area contributed by atoms with Crippen molar-refractivity contribution in [2.45, 2.75) is 49.7 Å². The highest BCUT2D eigenvalue weighted by molar-refractivity contribution is 7.87. The van der Waals surface area contributed by atoms with Gasteiger partial charge in [0.25, 0.3) is 0 Å². The van der Waals surface area contributed by atoms with Crippen molar-refractivity contribution in [2.24, 2.45) is 0 Å². The lowest BCUT2D eigenvalue weighted by molar-refractivity contribution is -0.235. The van der Waals surface area contributed by atoms with Gasteiger partial charge in [-0.25, -0.2) is 0 Å². The van der Waals surface area contributed by atoms with Crippen LogP contribution in [0.3, 0.4) is 0 Å². The number of ether oxygens (including phenoxy) is 4. The Bertz CT molecular complexity index is 489. The highest BCUT2D eigenvalue weighted by Crippen LogP contribution is 2.38. The zero-order valence-electron chi connectivity index (χ0n) is 11.4. The second-order valence-corrected chi connectivity index (χ2v) is 6.60. The lowest BCUT2D eigenvalue weighted by Gasteiger charge is -2.35. The van der Waals surface area contributed by atoms with E-state index in [9.17, 15) is 21.6 Å². The fourth-order valence-electron chi connectivity index (χ4n) is 2.20. The summed E-state index contributed by atoms with van der Waals surface area (Å²) in [6.07, 6.45) is -4.32. The molecule has 4 atom stereocenters. The number of hydrogen-bond acceptors (Lipinski definition) is 7. The Balaban J connectivity index is 2.19. The molecule has 0 aromatic rings. The minimum Gasteiger partial charge on any atom is -0.353 e. The Morgan fingerprint density at radius 2 is 1.76 bits per heavy atom. The summed E-state index contributed by atoms with van der Waals surface area (Å²) in [7, 11) is -4.43. The molecule has 2 fully saturated rings. The Hall–Kier alpha value is -0.460. The van der Waals surface area contributed by atoms with Gasteiger partial charge in [0.05, 0.1) is 6.61 Å². The summed E-state index contributed by atoms with van der Waals surface area (Å²) in [4.78, 5) is 0. The van der Waals surface area contributed by atoms with E-state index in [0.29, 0.717) is 0 Å². The van der Waals surface area contributed by atoms with Gasteiger partial charge in [0, 0.05) is 7.11 Å². The van der Waals surface area contributed by atoms with Crippen molar-refractivity contribution in [3.63, 3.8) is 0 Å². The molecule has 21 heavy (non-hydrogen) atoms. The molecule has 2 rings (SSSR count). The number of hydrogen-bond donors (Lipinski definition) is 0. The van der Waals surface area contributed by atoms with E-state index < -0.39 is 52.6 Å². The van der Waals surface area contributed by atoms with Crippen LogP contribution in [0.4, 0.5) is 13.2 Å². The largest absolute Gasteiger partial charge is 0.523 e. The fraction of sp³-hybridized carbons (Fsp3) is 1.00. The van der Waals surface area contributed by atoms with Crippen LogP contribution in [0, 0.1) is 0 Å². The molecule has 0 N–H and O–H groups in total. The third-order valence-corrected chi connectivity index (χ3v) is 4.06. The number of halogens is 3. The average Bonchev–Trinajstić information content (AvgIpc) is 2.63. The Kier molecular flexibility index (Phi) is 4.28. The highest BCUT2D eigenvalue weighted by atomic mass is 32.2. The van der Waals surface area contributed by atoms with Gasteiger partial charge in [-0.15, -0.1) is 0 Å². The first-order valence-corrected chi connectivity index (χ1v) is 7.37. The zero-order valence-corrected chi connectivity index (χ0v) is 12.2. The maximum atomic E-state index is 12.4. The first-order valence-electron chi connectivity index (χ1n) is 5.96. The van der Waals surface area contributed by atoms with Crippen LogP contribution in [0.1, 0.15) is 13.8 Å². The Morgan fingerprint density at radius 1 is 1.19 bits per heavy atom. The number of methoxy groups -OCH3 is 1. The molecule has 0 radical (unpaired) electrons. The van der Waals surface area contributed by atoms with Gasteiger partial charge < -0.3 is 18.9 Å². The van der Waals surface area contributed by atoms with E-state index in [1.165, 1.54) is 21.0 Å². The van der Waals surface area contributed by atoms with Crippen molar-refractivity contribution in [1.29, 1.82) is 0 Å². The van der Waals surface area contributed by atoms with E-state index in [1.54, 1.807) is 0 Å². The molecule has 0 bridgehead atoms. The molecular weight excluding hydrogens is 321 g/mol. The summed E-state index contributed by atoms with van der Waals surface area (Å²) in [6.45, 7) is 2.63. The standard InChI is InChI=1S/C10H15F3O7S/c1-9(2)18-6-5(20-21(14,15)10(11,12)13)4-17-8(16-3)7(6)19-9/h5-8H,4H2,1-3H3/t5-,6+,7+,8-/m0/s1. The molecule has 0 saturated carbocycles. The summed E-state index contributed by atoms with van der Waals surface area (Å²) in [5, 5.41) is 0. The second kappa shape index (κ2) is 5.32. The van der Waals surface area contributed by atoms with Gasteiger partial charge >= 0.3 is 15.6 Å². The van der Waals surface area contributed by atoms with Crippen molar-refractivity contribution in [3.8, 4) is 0 Å². The third kappa shape index (κ3) is 3.32. The van der Waals surface area contributed by atoms with E-state index >= 15 is 0 Å². The quantitative estimate of drug-likeness (QED) is 0.555. The molecule has 0 aromatic heterocycles. The molecular formula is C10H15F3O7S. The molecule has 2 heterocycles. The maximum Gasteiger partial charge on any atom is 0.523 e. The summed E-state index contributed by atoms with van der Waals surface area (Å²) in [5.41, 5.74) is -5.52. The number of fused-ring (bicyclic) bond motifs is 1. The van der Waals surface area contributed by atoms with E-state index in [-0.39, 0.29) is 0 Å². The van der Waals surface area contributed by atoms with Gasteiger partial charge in [-0.05, 0) is 13.8 Å². The van der Waals surface area contributed by atoms with Crippen LogP contribution < -0.4 is 0 Å². The molecule has 2 aliphatic rings. The summed E-state index contributed by atoms with van der Waals surface area (Å²) in [5.74, 6) is -1.12. The predicted molar refractivity (Wildman–Crippen MR) is 60.4 cm³/mol. The second-order valence-electron chi connectivity index (χ2n) is 5.04. The number of alkyl halides is 3. The van der Waals surface area contributed by atoms with Crippen LogP contribution in [-0.2, 0) is 33.2 Å².